The second-order valence-electron chi connectivity index (χ2n) is 11.9. The summed E-state index contributed by atoms with van der Waals surface area (Å²) >= 11 is 0. The summed E-state index contributed by atoms with van der Waals surface area (Å²) in [5.41, 5.74) is 1.65. The Hall–Kier alpha value is -1.63. The number of allylic oxidation sites excluding steroid dienone is 1. The zero-order valence-electron chi connectivity index (χ0n) is 20.3. The minimum absolute atomic E-state index is 0.0183. The zero-order chi connectivity index (χ0) is 23.3. The van der Waals surface area contributed by atoms with Gasteiger partial charge in [-0.2, -0.15) is 0 Å². The third-order valence-corrected chi connectivity index (χ3v) is 10.5. The molecule has 1 aromatic heterocycles. The lowest BCUT2D eigenvalue weighted by atomic mass is 9.40. The van der Waals surface area contributed by atoms with E-state index >= 15 is 0 Å². The van der Waals surface area contributed by atoms with Crippen LogP contribution in [0.5, 0.6) is 0 Å². The molecule has 3 heterocycles. The molecule has 6 nitrogen and oxygen atoms in total. The van der Waals surface area contributed by atoms with E-state index in [4.69, 9.17) is 18.6 Å². The molecule has 0 aromatic carbocycles. The largest absolute Gasteiger partial charge is 0.469 e. The predicted octanol–water partition coefficient (Wildman–Crippen LogP) is 4.23. The molecule has 3 aliphatic carbocycles. The zero-order valence-corrected chi connectivity index (χ0v) is 20.3. The summed E-state index contributed by atoms with van der Waals surface area (Å²) in [6, 6.07) is 3.97. The first-order valence-corrected chi connectivity index (χ1v) is 12.4. The number of rotatable bonds is 3. The van der Waals surface area contributed by atoms with Crippen molar-refractivity contribution in [3.63, 3.8) is 0 Å². The summed E-state index contributed by atoms with van der Waals surface area (Å²) in [5, 5.41) is 11.6. The average Bonchev–Trinajstić information content (AvgIpc) is 3.54. The van der Waals surface area contributed by atoms with Crippen molar-refractivity contribution < 1.29 is 28.5 Å². The van der Waals surface area contributed by atoms with Crippen LogP contribution in [0, 0.1) is 28.1 Å². The number of fused-ring (bicyclic) bond motifs is 4. The highest BCUT2D eigenvalue weighted by molar-refractivity contribution is 5.70. The molecule has 2 aliphatic heterocycles. The Bertz CT molecular complexity index is 998. The van der Waals surface area contributed by atoms with Gasteiger partial charge >= 0.3 is 5.97 Å². The van der Waals surface area contributed by atoms with E-state index in [0.29, 0.717) is 6.61 Å². The first-order valence-electron chi connectivity index (χ1n) is 12.4. The Labute approximate surface area is 195 Å². The Kier molecular flexibility index (Phi) is 4.61. The van der Waals surface area contributed by atoms with Crippen LogP contribution in [0.4, 0.5) is 0 Å². The SMILES string of the molecule is COC(=O)C[C@H]1[C@]2(C)C3=C(C)[C@H](c4ccco4)C[C@H]3O[C@@H]2[C@@H]2OC[C@]3(C)CC[C@H](O)[C@@]1(C)[C@@H]23. The Morgan fingerprint density at radius 3 is 2.79 bits per heavy atom. The number of carbonyl (C=O) groups excluding carboxylic acids is 1. The van der Waals surface area contributed by atoms with Crippen molar-refractivity contribution in [3.05, 3.63) is 35.3 Å². The van der Waals surface area contributed by atoms with Crippen molar-refractivity contribution >= 4 is 5.97 Å². The molecule has 0 unspecified atom stereocenters. The Balaban J connectivity index is 1.54. The lowest BCUT2D eigenvalue weighted by Gasteiger charge is -2.64. The molecule has 0 bridgehead atoms. The Morgan fingerprint density at radius 1 is 1.30 bits per heavy atom. The minimum Gasteiger partial charge on any atom is -0.469 e. The predicted molar refractivity (Wildman–Crippen MR) is 120 cm³/mol. The summed E-state index contributed by atoms with van der Waals surface area (Å²) in [6.45, 7) is 9.64. The minimum atomic E-state index is -0.491. The molecule has 0 spiro atoms. The van der Waals surface area contributed by atoms with Crippen molar-refractivity contribution in [1.29, 1.82) is 0 Å². The molecule has 6 heteroatoms. The van der Waals surface area contributed by atoms with E-state index in [1.165, 1.54) is 18.3 Å². The molecule has 2 saturated heterocycles. The van der Waals surface area contributed by atoms with E-state index in [2.05, 4.69) is 27.7 Å². The topological polar surface area (TPSA) is 78.1 Å². The first kappa shape index (κ1) is 21.9. The molecule has 180 valence electrons. The van der Waals surface area contributed by atoms with Crippen LogP contribution in [0.25, 0.3) is 0 Å². The Morgan fingerprint density at radius 2 is 2.09 bits per heavy atom. The number of methoxy groups -OCH3 is 1. The smallest absolute Gasteiger partial charge is 0.305 e. The molecule has 1 N–H and O–H groups in total. The van der Waals surface area contributed by atoms with Crippen molar-refractivity contribution in [1.82, 2.24) is 0 Å². The van der Waals surface area contributed by atoms with Gasteiger partial charge < -0.3 is 23.7 Å². The van der Waals surface area contributed by atoms with Gasteiger partial charge in [0.05, 0.1) is 44.4 Å². The number of hydrogen-bond acceptors (Lipinski definition) is 6. The van der Waals surface area contributed by atoms with Crippen LogP contribution in [-0.2, 0) is 19.0 Å². The summed E-state index contributed by atoms with van der Waals surface area (Å²) < 4.78 is 24.4. The summed E-state index contributed by atoms with van der Waals surface area (Å²) in [6.07, 6.45) is 3.78. The number of carbonyl (C=O) groups is 1. The van der Waals surface area contributed by atoms with Crippen LogP contribution in [0.15, 0.2) is 34.0 Å². The van der Waals surface area contributed by atoms with Crippen molar-refractivity contribution in [2.75, 3.05) is 13.7 Å². The van der Waals surface area contributed by atoms with Gasteiger partial charge in [-0.05, 0) is 55.2 Å². The number of ether oxygens (including phenoxy) is 3. The lowest BCUT2D eigenvalue weighted by molar-refractivity contribution is -0.226. The second kappa shape index (κ2) is 6.96. The molecule has 33 heavy (non-hydrogen) atoms. The molecule has 0 amide bonds. The quantitative estimate of drug-likeness (QED) is 0.542. The van der Waals surface area contributed by atoms with Gasteiger partial charge in [0, 0.05) is 29.1 Å². The third kappa shape index (κ3) is 2.58. The van der Waals surface area contributed by atoms with E-state index in [1.807, 2.05) is 12.1 Å². The second-order valence-corrected chi connectivity index (χ2v) is 11.9. The van der Waals surface area contributed by atoms with E-state index < -0.39 is 16.9 Å². The summed E-state index contributed by atoms with van der Waals surface area (Å²) in [7, 11) is 1.46. The van der Waals surface area contributed by atoms with Crippen molar-refractivity contribution in [3.8, 4) is 0 Å². The van der Waals surface area contributed by atoms with Gasteiger partial charge in [-0.1, -0.05) is 26.3 Å². The van der Waals surface area contributed by atoms with Crippen LogP contribution in [0.1, 0.15) is 65.1 Å². The van der Waals surface area contributed by atoms with Gasteiger partial charge in [0.25, 0.3) is 0 Å². The maximum atomic E-state index is 12.8. The van der Waals surface area contributed by atoms with Crippen LogP contribution >= 0.6 is 0 Å². The molecule has 2 saturated carbocycles. The van der Waals surface area contributed by atoms with Gasteiger partial charge in [-0.25, -0.2) is 0 Å². The van der Waals surface area contributed by atoms with E-state index in [9.17, 15) is 9.90 Å². The highest BCUT2D eigenvalue weighted by Crippen LogP contribution is 2.73. The van der Waals surface area contributed by atoms with Crippen LogP contribution in [-0.4, -0.2) is 49.2 Å². The maximum Gasteiger partial charge on any atom is 0.305 e. The van der Waals surface area contributed by atoms with Gasteiger partial charge in [-0.3, -0.25) is 4.79 Å². The molecule has 0 radical (unpaired) electrons. The van der Waals surface area contributed by atoms with Gasteiger partial charge in [0.2, 0.25) is 0 Å². The molecule has 10 atom stereocenters. The fourth-order valence-corrected chi connectivity index (χ4v) is 9.17. The first-order chi connectivity index (χ1) is 15.7. The normalized spacial score (nSPS) is 50.2. The highest BCUT2D eigenvalue weighted by atomic mass is 16.6. The van der Waals surface area contributed by atoms with Crippen molar-refractivity contribution in [2.24, 2.45) is 28.1 Å². The molecular weight excluding hydrogens is 420 g/mol. The van der Waals surface area contributed by atoms with E-state index in [0.717, 1.165) is 25.0 Å². The van der Waals surface area contributed by atoms with Gasteiger partial charge in [0.15, 0.2) is 0 Å². The van der Waals surface area contributed by atoms with E-state index in [1.54, 1.807) is 6.26 Å². The number of furan rings is 1. The lowest BCUT2D eigenvalue weighted by Crippen LogP contribution is -2.68. The average molecular weight is 457 g/mol. The van der Waals surface area contributed by atoms with Gasteiger partial charge in [-0.15, -0.1) is 0 Å². The molecule has 4 fully saturated rings. The number of hydrogen-bond donors (Lipinski definition) is 1. The maximum absolute atomic E-state index is 12.8. The summed E-state index contributed by atoms with van der Waals surface area (Å²) in [5.74, 6) is 0.950. The molecule has 5 aliphatic rings. The third-order valence-electron chi connectivity index (χ3n) is 10.5. The van der Waals surface area contributed by atoms with Gasteiger partial charge in [0.1, 0.15) is 5.76 Å². The number of aliphatic hydroxyl groups excluding tert-OH is 1. The fraction of sp³-hybridized carbons (Fsp3) is 0.741. The summed E-state index contributed by atoms with van der Waals surface area (Å²) in [4.78, 5) is 12.8. The number of esters is 1. The fourth-order valence-electron chi connectivity index (χ4n) is 9.17. The number of aliphatic hydroxyl groups is 1. The molecule has 6 rings (SSSR count). The van der Waals surface area contributed by atoms with Crippen molar-refractivity contribution in [2.45, 2.75) is 83.7 Å². The standard InChI is InChI=1S/C27H36O6/c1-14-15(16-7-6-10-31-16)11-17-21(14)27(4)18(12-20(29)30-5)26(3)19(28)8-9-25(2)13-32-22(23(25)26)24(27)33-17/h6-7,10,15,17-19,22-24,28H,8-9,11-13H2,1-5H3/t15-,17-,18-,19+,22-,23+,24-,25+,26+,27-/m1/s1. The van der Waals surface area contributed by atoms with Crippen LogP contribution in [0.3, 0.4) is 0 Å². The van der Waals surface area contributed by atoms with E-state index in [-0.39, 0.29) is 53.9 Å². The van der Waals surface area contributed by atoms with Crippen LogP contribution in [0.2, 0.25) is 0 Å². The highest BCUT2D eigenvalue weighted by Gasteiger charge is 2.75. The monoisotopic (exact) mass is 456 g/mol. The molecular formula is C27H36O6. The molecule has 1 aromatic rings. The van der Waals surface area contributed by atoms with Crippen LogP contribution < -0.4 is 0 Å².